The molecule has 1 aromatic carbocycles. The Morgan fingerprint density at radius 1 is 1.11 bits per heavy atom. The molecular formula is C14H14N2O2. The lowest BCUT2D eigenvalue weighted by Gasteiger charge is -2.08. The lowest BCUT2D eigenvalue weighted by Crippen LogP contribution is -2.04. The normalized spacial score (nSPS) is 10.4. The molecule has 18 heavy (non-hydrogen) atoms. The zero-order chi connectivity index (χ0) is 13.3. The van der Waals surface area contributed by atoms with Gasteiger partial charge < -0.3 is 5.11 Å². The summed E-state index contributed by atoms with van der Waals surface area (Å²) in [5.41, 5.74) is 3.81. The highest BCUT2D eigenvalue weighted by atomic mass is 16.4. The fourth-order valence-corrected chi connectivity index (χ4v) is 1.83. The van der Waals surface area contributed by atoms with Crippen LogP contribution in [0.25, 0.3) is 11.3 Å². The molecule has 0 unspecified atom stereocenters. The largest absolute Gasteiger partial charge is 0.477 e. The summed E-state index contributed by atoms with van der Waals surface area (Å²) in [6, 6.07) is 7.54. The average Bonchev–Trinajstić information content (AvgIpc) is 2.31. The number of hydrogen-bond donors (Lipinski definition) is 1. The summed E-state index contributed by atoms with van der Waals surface area (Å²) < 4.78 is 0. The molecule has 0 aliphatic heterocycles. The van der Waals surface area contributed by atoms with E-state index in [9.17, 15) is 4.79 Å². The number of carboxylic acids is 1. The molecule has 0 aliphatic carbocycles. The van der Waals surface area contributed by atoms with E-state index in [0.717, 1.165) is 16.7 Å². The number of nitrogens with zero attached hydrogens (tertiary/aromatic N) is 2. The second-order valence-electron chi connectivity index (χ2n) is 4.31. The monoisotopic (exact) mass is 242 g/mol. The summed E-state index contributed by atoms with van der Waals surface area (Å²) in [7, 11) is 0. The fraction of sp³-hybridized carbons (Fsp3) is 0.214. The topological polar surface area (TPSA) is 63.1 Å². The summed E-state index contributed by atoms with van der Waals surface area (Å²) in [6.07, 6.45) is 0. The summed E-state index contributed by atoms with van der Waals surface area (Å²) in [5.74, 6) is -0.571. The molecule has 0 saturated carbocycles. The lowest BCUT2D eigenvalue weighted by atomic mass is 10.0. The smallest absolute Gasteiger partial charge is 0.354 e. The van der Waals surface area contributed by atoms with Crippen LogP contribution < -0.4 is 0 Å². The van der Waals surface area contributed by atoms with E-state index >= 15 is 0 Å². The van der Waals surface area contributed by atoms with Crippen LogP contribution in [0.2, 0.25) is 0 Å². The number of aromatic nitrogens is 2. The van der Waals surface area contributed by atoms with E-state index in [1.54, 1.807) is 6.92 Å². The molecule has 1 heterocycles. The Balaban J connectivity index is 2.63. The van der Waals surface area contributed by atoms with Crippen molar-refractivity contribution in [1.29, 1.82) is 0 Å². The first-order valence-electron chi connectivity index (χ1n) is 5.64. The van der Waals surface area contributed by atoms with E-state index in [1.807, 2.05) is 32.0 Å². The van der Waals surface area contributed by atoms with E-state index in [1.165, 1.54) is 6.07 Å². The molecule has 2 aromatic rings. The van der Waals surface area contributed by atoms with E-state index < -0.39 is 5.97 Å². The quantitative estimate of drug-likeness (QED) is 0.879. The Morgan fingerprint density at radius 3 is 2.50 bits per heavy atom. The second-order valence-corrected chi connectivity index (χ2v) is 4.31. The molecule has 0 radical (unpaired) electrons. The van der Waals surface area contributed by atoms with Crippen LogP contribution in [0.15, 0.2) is 24.3 Å². The van der Waals surface area contributed by atoms with Crippen LogP contribution in [0.5, 0.6) is 0 Å². The molecule has 0 atom stereocenters. The number of aromatic carboxylic acids is 1. The minimum absolute atomic E-state index is 0.0263. The maximum absolute atomic E-state index is 11.0. The highest BCUT2D eigenvalue weighted by molar-refractivity contribution is 5.86. The number of hydrogen-bond acceptors (Lipinski definition) is 3. The van der Waals surface area contributed by atoms with Crippen molar-refractivity contribution in [2.45, 2.75) is 20.8 Å². The van der Waals surface area contributed by atoms with Gasteiger partial charge in [-0.25, -0.2) is 14.8 Å². The maximum atomic E-state index is 11.0. The first kappa shape index (κ1) is 12.2. The number of aryl methyl sites for hydroxylation is 3. The van der Waals surface area contributed by atoms with Gasteiger partial charge in [-0.2, -0.15) is 0 Å². The van der Waals surface area contributed by atoms with E-state index in [0.29, 0.717) is 11.5 Å². The van der Waals surface area contributed by atoms with Crippen LogP contribution in [-0.2, 0) is 0 Å². The van der Waals surface area contributed by atoms with Gasteiger partial charge in [-0.1, -0.05) is 17.7 Å². The fourth-order valence-electron chi connectivity index (χ4n) is 1.83. The van der Waals surface area contributed by atoms with E-state index in [2.05, 4.69) is 9.97 Å². The van der Waals surface area contributed by atoms with Crippen molar-refractivity contribution in [3.8, 4) is 11.3 Å². The molecule has 0 bridgehead atoms. The Kier molecular flexibility index (Phi) is 3.10. The zero-order valence-corrected chi connectivity index (χ0v) is 10.6. The molecule has 4 nitrogen and oxygen atoms in total. The van der Waals surface area contributed by atoms with Crippen LogP contribution in [0.3, 0.4) is 0 Å². The summed E-state index contributed by atoms with van der Waals surface area (Å²) >= 11 is 0. The molecule has 0 aliphatic rings. The van der Waals surface area contributed by atoms with Gasteiger partial charge in [0.05, 0.1) is 5.69 Å². The van der Waals surface area contributed by atoms with Crippen molar-refractivity contribution >= 4 is 5.97 Å². The number of rotatable bonds is 2. The molecule has 92 valence electrons. The highest BCUT2D eigenvalue weighted by Gasteiger charge is 2.11. The molecule has 0 spiro atoms. The minimum Gasteiger partial charge on any atom is -0.477 e. The zero-order valence-electron chi connectivity index (χ0n) is 10.6. The van der Waals surface area contributed by atoms with Gasteiger partial charge in [0.2, 0.25) is 0 Å². The average molecular weight is 242 g/mol. The van der Waals surface area contributed by atoms with Gasteiger partial charge in [-0.15, -0.1) is 0 Å². The molecule has 1 N–H and O–H groups in total. The number of benzene rings is 1. The Bertz CT molecular complexity index is 621. The van der Waals surface area contributed by atoms with Crippen LogP contribution in [0.4, 0.5) is 0 Å². The van der Waals surface area contributed by atoms with Gasteiger partial charge in [-0.05, 0) is 38.5 Å². The predicted octanol–water partition coefficient (Wildman–Crippen LogP) is 2.77. The van der Waals surface area contributed by atoms with Crippen molar-refractivity contribution in [2.24, 2.45) is 0 Å². The molecule has 0 fully saturated rings. The third-order valence-electron chi connectivity index (χ3n) is 2.73. The van der Waals surface area contributed by atoms with Crippen LogP contribution in [-0.4, -0.2) is 21.0 Å². The van der Waals surface area contributed by atoms with Crippen LogP contribution >= 0.6 is 0 Å². The molecule has 2 rings (SSSR count). The summed E-state index contributed by atoms with van der Waals surface area (Å²) in [4.78, 5) is 19.2. The third kappa shape index (κ3) is 2.37. The maximum Gasteiger partial charge on any atom is 0.354 e. The van der Waals surface area contributed by atoms with E-state index in [4.69, 9.17) is 5.11 Å². The lowest BCUT2D eigenvalue weighted by molar-refractivity contribution is 0.0690. The number of carbonyl (C=O) groups is 1. The first-order chi connectivity index (χ1) is 8.47. The Labute approximate surface area is 105 Å². The van der Waals surface area contributed by atoms with Gasteiger partial charge in [0, 0.05) is 5.56 Å². The van der Waals surface area contributed by atoms with Gasteiger partial charge in [-0.3, -0.25) is 0 Å². The van der Waals surface area contributed by atoms with Gasteiger partial charge in [0.25, 0.3) is 0 Å². The van der Waals surface area contributed by atoms with Crippen molar-refractivity contribution in [1.82, 2.24) is 9.97 Å². The molecular weight excluding hydrogens is 228 g/mol. The SMILES string of the molecule is Cc1ccc(C)c(-c2cc(C(=O)O)nc(C)n2)c1. The molecule has 1 aromatic heterocycles. The third-order valence-corrected chi connectivity index (χ3v) is 2.73. The highest BCUT2D eigenvalue weighted by Crippen LogP contribution is 2.23. The van der Waals surface area contributed by atoms with Crippen molar-refractivity contribution in [3.05, 3.63) is 46.9 Å². The van der Waals surface area contributed by atoms with Crippen molar-refractivity contribution in [3.63, 3.8) is 0 Å². The Hall–Kier alpha value is -2.23. The second kappa shape index (κ2) is 4.56. The molecule has 0 saturated heterocycles. The number of carboxylic acid groups (broad SMARTS) is 1. The van der Waals surface area contributed by atoms with Gasteiger partial charge in [0.1, 0.15) is 5.82 Å². The molecule has 4 heteroatoms. The van der Waals surface area contributed by atoms with Crippen molar-refractivity contribution < 1.29 is 9.90 Å². The molecule has 0 amide bonds. The van der Waals surface area contributed by atoms with Crippen LogP contribution in [0.1, 0.15) is 27.4 Å². The van der Waals surface area contributed by atoms with Crippen molar-refractivity contribution in [2.75, 3.05) is 0 Å². The van der Waals surface area contributed by atoms with Gasteiger partial charge >= 0.3 is 5.97 Å². The minimum atomic E-state index is -1.04. The first-order valence-corrected chi connectivity index (χ1v) is 5.64. The summed E-state index contributed by atoms with van der Waals surface area (Å²) in [5, 5.41) is 9.01. The Morgan fingerprint density at radius 2 is 1.83 bits per heavy atom. The van der Waals surface area contributed by atoms with Gasteiger partial charge in [0.15, 0.2) is 5.69 Å². The summed E-state index contributed by atoms with van der Waals surface area (Å²) in [6.45, 7) is 5.67. The van der Waals surface area contributed by atoms with Crippen LogP contribution in [0, 0.1) is 20.8 Å². The standard InChI is InChI=1S/C14H14N2O2/c1-8-4-5-9(2)11(6-8)12-7-13(14(17)18)16-10(3)15-12/h4-7H,1-3H3,(H,17,18). The van der Waals surface area contributed by atoms with E-state index in [-0.39, 0.29) is 5.69 Å². The predicted molar refractivity (Wildman–Crippen MR) is 68.6 cm³/mol.